The standard InChI is InChI=1S/C7H6N6O2S2/c8-3-5-1-2-7(16-5)17(14,15)9-4-6-10-12-13-11-6/h1-2,9H,4H2,(H,10,11,12,13). The van der Waals surface area contributed by atoms with Gasteiger partial charge >= 0.3 is 0 Å². The highest BCUT2D eigenvalue weighted by Crippen LogP contribution is 2.20. The van der Waals surface area contributed by atoms with Gasteiger partial charge in [-0.05, 0) is 12.1 Å². The van der Waals surface area contributed by atoms with Gasteiger partial charge in [0, 0.05) is 0 Å². The lowest BCUT2D eigenvalue weighted by atomic mass is 10.5. The molecule has 0 saturated carbocycles. The molecule has 2 aromatic rings. The SMILES string of the molecule is N#Cc1ccc(S(=O)(=O)NCc2nn[nH]n2)s1. The van der Waals surface area contributed by atoms with E-state index in [0.717, 1.165) is 11.3 Å². The summed E-state index contributed by atoms with van der Waals surface area (Å²) in [5.74, 6) is 0.241. The number of aromatic nitrogens is 4. The normalized spacial score (nSPS) is 11.2. The molecule has 0 aliphatic carbocycles. The maximum atomic E-state index is 11.8. The van der Waals surface area contributed by atoms with E-state index in [1.54, 1.807) is 0 Å². The lowest BCUT2D eigenvalue weighted by Crippen LogP contribution is -2.23. The van der Waals surface area contributed by atoms with E-state index in [0.29, 0.717) is 4.88 Å². The van der Waals surface area contributed by atoms with Crippen molar-refractivity contribution in [2.45, 2.75) is 10.8 Å². The lowest BCUT2D eigenvalue weighted by molar-refractivity contribution is 0.581. The monoisotopic (exact) mass is 270 g/mol. The van der Waals surface area contributed by atoms with Gasteiger partial charge in [0.15, 0.2) is 5.82 Å². The Morgan fingerprint density at radius 1 is 1.53 bits per heavy atom. The van der Waals surface area contributed by atoms with Crippen molar-refractivity contribution in [3.05, 3.63) is 22.8 Å². The van der Waals surface area contributed by atoms with Gasteiger partial charge in [0.2, 0.25) is 0 Å². The number of thiophene rings is 1. The minimum atomic E-state index is -3.63. The molecule has 0 aliphatic rings. The van der Waals surface area contributed by atoms with Crippen molar-refractivity contribution in [2.75, 3.05) is 0 Å². The number of sulfonamides is 1. The van der Waals surface area contributed by atoms with Crippen LogP contribution >= 0.6 is 11.3 Å². The van der Waals surface area contributed by atoms with Crippen LogP contribution in [-0.2, 0) is 16.6 Å². The Balaban J connectivity index is 2.11. The van der Waals surface area contributed by atoms with Crippen LogP contribution in [0.15, 0.2) is 16.3 Å². The van der Waals surface area contributed by atoms with Crippen molar-refractivity contribution < 1.29 is 8.42 Å². The Hall–Kier alpha value is -1.83. The summed E-state index contributed by atoms with van der Waals surface area (Å²) in [4.78, 5) is 0.338. The van der Waals surface area contributed by atoms with Gasteiger partial charge in [-0.2, -0.15) is 10.5 Å². The van der Waals surface area contributed by atoms with Crippen LogP contribution in [0, 0.1) is 11.3 Å². The first-order valence-corrected chi connectivity index (χ1v) is 6.64. The number of aromatic amines is 1. The predicted molar refractivity (Wildman–Crippen MR) is 57.2 cm³/mol. The zero-order chi connectivity index (χ0) is 12.3. The molecule has 2 rings (SSSR count). The Kier molecular flexibility index (Phi) is 3.14. The zero-order valence-electron chi connectivity index (χ0n) is 8.28. The summed E-state index contributed by atoms with van der Waals surface area (Å²) >= 11 is 0.901. The van der Waals surface area contributed by atoms with Crippen molar-refractivity contribution in [2.24, 2.45) is 0 Å². The summed E-state index contributed by atoms with van der Waals surface area (Å²) in [6.07, 6.45) is 0. The number of H-pyrrole nitrogens is 1. The Morgan fingerprint density at radius 3 is 2.94 bits per heavy atom. The second-order valence-electron chi connectivity index (χ2n) is 2.88. The number of tetrazole rings is 1. The number of nitriles is 1. The number of hydrogen-bond donors (Lipinski definition) is 2. The fourth-order valence-corrected chi connectivity index (χ4v) is 3.14. The van der Waals surface area contributed by atoms with Crippen molar-refractivity contribution >= 4 is 21.4 Å². The maximum absolute atomic E-state index is 11.8. The third kappa shape index (κ3) is 2.64. The highest BCUT2D eigenvalue weighted by molar-refractivity contribution is 7.91. The molecule has 0 aromatic carbocycles. The summed E-state index contributed by atoms with van der Waals surface area (Å²) in [6, 6.07) is 4.70. The van der Waals surface area contributed by atoms with Gasteiger partial charge in [-0.15, -0.1) is 21.5 Å². The van der Waals surface area contributed by atoms with E-state index in [4.69, 9.17) is 5.26 Å². The van der Waals surface area contributed by atoms with E-state index in [2.05, 4.69) is 25.3 Å². The van der Waals surface area contributed by atoms with E-state index >= 15 is 0 Å². The third-order valence-electron chi connectivity index (χ3n) is 1.77. The highest BCUT2D eigenvalue weighted by Gasteiger charge is 2.17. The maximum Gasteiger partial charge on any atom is 0.250 e. The first-order chi connectivity index (χ1) is 8.12. The summed E-state index contributed by atoms with van der Waals surface area (Å²) < 4.78 is 25.9. The lowest BCUT2D eigenvalue weighted by Gasteiger charge is -2.00. The Bertz CT molecular complexity index is 638. The molecule has 0 fully saturated rings. The summed E-state index contributed by atoms with van der Waals surface area (Å²) in [5, 5.41) is 21.3. The topological polar surface area (TPSA) is 124 Å². The zero-order valence-corrected chi connectivity index (χ0v) is 9.92. The second kappa shape index (κ2) is 4.58. The Labute approximate surface area is 100 Å². The van der Waals surface area contributed by atoms with E-state index < -0.39 is 10.0 Å². The van der Waals surface area contributed by atoms with E-state index in [-0.39, 0.29) is 16.6 Å². The van der Waals surface area contributed by atoms with Crippen LogP contribution in [0.1, 0.15) is 10.7 Å². The average molecular weight is 270 g/mol. The van der Waals surface area contributed by atoms with Crippen LogP contribution in [-0.4, -0.2) is 29.0 Å². The molecule has 10 heteroatoms. The fraction of sp³-hybridized carbons (Fsp3) is 0.143. The van der Waals surface area contributed by atoms with Gasteiger partial charge in [-0.3, -0.25) is 0 Å². The van der Waals surface area contributed by atoms with Gasteiger partial charge in [-0.25, -0.2) is 13.1 Å². The molecule has 2 aromatic heterocycles. The number of rotatable bonds is 4. The molecule has 0 bridgehead atoms. The van der Waals surface area contributed by atoms with Crippen LogP contribution in [0.5, 0.6) is 0 Å². The Morgan fingerprint density at radius 2 is 2.35 bits per heavy atom. The largest absolute Gasteiger partial charge is 0.250 e. The molecule has 0 spiro atoms. The molecule has 0 unspecified atom stereocenters. The van der Waals surface area contributed by atoms with Crippen molar-refractivity contribution in [1.29, 1.82) is 5.26 Å². The van der Waals surface area contributed by atoms with Crippen LogP contribution in [0.4, 0.5) is 0 Å². The summed E-state index contributed by atoms with van der Waals surface area (Å²) in [7, 11) is -3.63. The summed E-state index contributed by atoms with van der Waals surface area (Å²) in [5.41, 5.74) is 0. The van der Waals surface area contributed by atoms with Gasteiger partial charge in [0.1, 0.15) is 15.2 Å². The second-order valence-corrected chi connectivity index (χ2v) is 5.96. The average Bonchev–Trinajstić information content (AvgIpc) is 2.98. The molecule has 88 valence electrons. The first-order valence-electron chi connectivity index (χ1n) is 4.34. The summed E-state index contributed by atoms with van der Waals surface area (Å²) in [6.45, 7) is -0.0569. The molecule has 8 nitrogen and oxygen atoms in total. The van der Waals surface area contributed by atoms with Crippen molar-refractivity contribution in [3.63, 3.8) is 0 Å². The predicted octanol–water partition coefficient (Wildman–Crippen LogP) is -0.389. The smallest absolute Gasteiger partial charge is 0.206 e. The van der Waals surface area contributed by atoms with Crippen molar-refractivity contribution in [3.8, 4) is 6.07 Å². The van der Waals surface area contributed by atoms with Crippen LogP contribution in [0.25, 0.3) is 0 Å². The molecule has 0 radical (unpaired) electrons. The fourth-order valence-electron chi connectivity index (χ4n) is 1.01. The molecule has 0 aliphatic heterocycles. The van der Waals surface area contributed by atoms with Gasteiger partial charge < -0.3 is 0 Å². The van der Waals surface area contributed by atoms with Gasteiger partial charge in [0.05, 0.1) is 6.54 Å². The van der Waals surface area contributed by atoms with E-state index in [1.165, 1.54) is 12.1 Å². The number of nitrogens with zero attached hydrogens (tertiary/aromatic N) is 4. The molecule has 0 saturated heterocycles. The minimum Gasteiger partial charge on any atom is -0.206 e. The van der Waals surface area contributed by atoms with Gasteiger partial charge in [0.25, 0.3) is 10.0 Å². The van der Waals surface area contributed by atoms with E-state index in [1.807, 2.05) is 6.07 Å². The number of hydrogen-bond acceptors (Lipinski definition) is 7. The number of nitrogens with one attached hydrogen (secondary N) is 2. The first kappa shape index (κ1) is 11.6. The quantitative estimate of drug-likeness (QED) is 0.779. The minimum absolute atomic E-state index is 0.0569. The van der Waals surface area contributed by atoms with Crippen LogP contribution in [0.2, 0.25) is 0 Å². The molecule has 0 atom stereocenters. The molecular weight excluding hydrogens is 264 g/mol. The van der Waals surface area contributed by atoms with Crippen LogP contribution in [0.3, 0.4) is 0 Å². The van der Waals surface area contributed by atoms with E-state index in [9.17, 15) is 8.42 Å². The van der Waals surface area contributed by atoms with Crippen LogP contribution < -0.4 is 4.72 Å². The molecular formula is C7H6N6O2S2. The third-order valence-corrected chi connectivity index (χ3v) is 4.65. The molecule has 17 heavy (non-hydrogen) atoms. The van der Waals surface area contributed by atoms with Gasteiger partial charge in [-0.1, -0.05) is 5.21 Å². The molecule has 2 N–H and O–H groups in total. The highest BCUT2D eigenvalue weighted by atomic mass is 32.2. The molecule has 2 heterocycles. The molecule has 0 amide bonds. The van der Waals surface area contributed by atoms with Crippen molar-refractivity contribution in [1.82, 2.24) is 25.3 Å².